The zero-order valence-corrected chi connectivity index (χ0v) is 11.5. The summed E-state index contributed by atoms with van der Waals surface area (Å²) in [6.45, 7) is 3.32. The molecule has 0 aromatic carbocycles. The molecule has 2 aliphatic rings. The van der Waals surface area contributed by atoms with E-state index in [4.69, 9.17) is 16.0 Å². The quantitative estimate of drug-likeness (QED) is 0.913. The van der Waals surface area contributed by atoms with Crippen LogP contribution in [0.2, 0.25) is 5.22 Å². The third-order valence-electron chi connectivity index (χ3n) is 4.98. The van der Waals surface area contributed by atoms with Gasteiger partial charge in [-0.1, -0.05) is 6.92 Å². The van der Waals surface area contributed by atoms with E-state index in [1.165, 1.54) is 12.8 Å². The van der Waals surface area contributed by atoms with Gasteiger partial charge in [-0.25, -0.2) is 0 Å². The van der Waals surface area contributed by atoms with E-state index in [2.05, 4.69) is 11.8 Å². The molecule has 0 aliphatic carbocycles. The molecule has 3 rings (SSSR count). The molecule has 2 saturated heterocycles. The zero-order chi connectivity index (χ0) is 12.8. The molecule has 1 N–H and O–H groups in total. The highest BCUT2D eigenvalue weighted by molar-refractivity contribution is 6.28. The average molecular weight is 270 g/mol. The molecule has 3 nitrogen and oxygen atoms in total. The predicted molar refractivity (Wildman–Crippen MR) is 70.5 cm³/mol. The third-order valence-corrected chi connectivity index (χ3v) is 5.18. The van der Waals surface area contributed by atoms with Gasteiger partial charge in [-0.05, 0) is 49.4 Å². The Morgan fingerprint density at radius 2 is 2.33 bits per heavy atom. The van der Waals surface area contributed by atoms with Crippen molar-refractivity contribution in [3.8, 4) is 0 Å². The Bertz CT molecular complexity index is 427. The van der Waals surface area contributed by atoms with Crippen molar-refractivity contribution >= 4 is 11.6 Å². The summed E-state index contributed by atoms with van der Waals surface area (Å²) in [5, 5.41) is 10.2. The number of aliphatic hydroxyl groups is 1. The molecule has 4 heteroatoms. The van der Waals surface area contributed by atoms with E-state index in [1.54, 1.807) is 6.07 Å². The van der Waals surface area contributed by atoms with Gasteiger partial charge in [0.2, 0.25) is 0 Å². The molecule has 1 aromatic heterocycles. The molecule has 0 unspecified atom stereocenters. The van der Waals surface area contributed by atoms with Crippen LogP contribution in [0.15, 0.2) is 16.5 Å². The van der Waals surface area contributed by atoms with Gasteiger partial charge in [0.05, 0.1) is 13.2 Å². The molecule has 0 radical (unpaired) electrons. The number of halogens is 1. The highest BCUT2D eigenvalue weighted by Gasteiger charge is 2.54. The Labute approximate surface area is 113 Å². The lowest BCUT2D eigenvalue weighted by molar-refractivity contribution is 0.0698. The fraction of sp³-hybridized carbons (Fsp3) is 0.714. The summed E-state index contributed by atoms with van der Waals surface area (Å²) in [4.78, 5) is 2.51. The minimum atomic E-state index is 0.110. The van der Waals surface area contributed by atoms with Gasteiger partial charge in [-0.15, -0.1) is 0 Å². The van der Waals surface area contributed by atoms with Crippen LogP contribution in [-0.2, 0) is 6.54 Å². The van der Waals surface area contributed by atoms with Crippen molar-refractivity contribution in [2.75, 3.05) is 6.61 Å². The van der Waals surface area contributed by atoms with Gasteiger partial charge < -0.3 is 9.52 Å². The summed E-state index contributed by atoms with van der Waals surface area (Å²) in [5.74, 6) is 0.932. The maximum absolute atomic E-state index is 9.76. The molecule has 3 heterocycles. The predicted octanol–water partition coefficient (Wildman–Crippen LogP) is 3.06. The number of fused-ring (bicyclic) bond motifs is 2. The van der Waals surface area contributed by atoms with E-state index in [1.807, 2.05) is 6.07 Å². The number of nitrogens with zero attached hydrogens (tertiary/aromatic N) is 1. The minimum Gasteiger partial charge on any atom is -0.448 e. The van der Waals surface area contributed by atoms with E-state index >= 15 is 0 Å². The van der Waals surface area contributed by atoms with Crippen LogP contribution < -0.4 is 0 Å². The summed E-state index contributed by atoms with van der Waals surface area (Å²) >= 11 is 5.82. The molecule has 2 aliphatic heterocycles. The van der Waals surface area contributed by atoms with Crippen molar-refractivity contribution in [1.29, 1.82) is 0 Å². The largest absolute Gasteiger partial charge is 0.448 e. The van der Waals surface area contributed by atoms with Crippen molar-refractivity contribution in [3.63, 3.8) is 0 Å². The Hall–Kier alpha value is -0.510. The monoisotopic (exact) mass is 269 g/mol. The van der Waals surface area contributed by atoms with E-state index in [-0.39, 0.29) is 5.41 Å². The zero-order valence-electron chi connectivity index (χ0n) is 10.7. The summed E-state index contributed by atoms with van der Waals surface area (Å²) in [5.41, 5.74) is 0.110. The highest BCUT2D eigenvalue weighted by atomic mass is 35.5. The van der Waals surface area contributed by atoms with Crippen LogP contribution in [0.25, 0.3) is 0 Å². The number of furan rings is 1. The summed E-state index contributed by atoms with van der Waals surface area (Å²) in [6, 6.07) is 4.85. The highest BCUT2D eigenvalue weighted by Crippen LogP contribution is 2.51. The number of rotatable bonds is 4. The first-order chi connectivity index (χ1) is 8.68. The normalized spacial score (nSPS) is 35.5. The van der Waals surface area contributed by atoms with Crippen molar-refractivity contribution in [3.05, 3.63) is 23.1 Å². The molecule has 0 saturated carbocycles. The van der Waals surface area contributed by atoms with Crippen molar-refractivity contribution < 1.29 is 9.52 Å². The van der Waals surface area contributed by atoms with E-state index < -0.39 is 0 Å². The molecule has 3 atom stereocenters. The van der Waals surface area contributed by atoms with Gasteiger partial charge in [-0.2, -0.15) is 0 Å². The fourth-order valence-corrected chi connectivity index (χ4v) is 4.10. The van der Waals surface area contributed by atoms with Crippen molar-refractivity contribution in [2.24, 2.45) is 5.41 Å². The van der Waals surface area contributed by atoms with Gasteiger partial charge in [0.15, 0.2) is 5.22 Å². The van der Waals surface area contributed by atoms with E-state index in [0.717, 1.165) is 25.1 Å². The molecular formula is C14H20ClNO2. The number of aliphatic hydroxyl groups excluding tert-OH is 1. The average Bonchev–Trinajstić information content (AvgIpc) is 3.04. The van der Waals surface area contributed by atoms with Crippen LogP contribution in [0.3, 0.4) is 0 Å². The first kappa shape index (κ1) is 12.5. The molecule has 0 spiro atoms. The van der Waals surface area contributed by atoms with Crippen LogP contribution in [0, 0.1) is 5.41 Å². The van der Waals surface area contributed by atoms with E-state index in [9.17, 15) is 5.11 Å². The lowest BCUT2D eigenvalue weighted by Crippen LogP contribution is -2.39. The maximum atomic E-state index is 9.76. The van der Waals surface area contributed by atoms with Gasteiger partial charge in [0.25, 0.3) is 0 Å². The Morgan fingerprint density at radius 1 is 1.50 bits per heavy atom. The second-order valence-corrected chi connectivity index (χ2v) is 6.08. The van der Waals surface area contributed by atoms with Crippen molar-refractivity contribution in [1.82, 2.24) is 4.90 Å². The van der Waals surface area contributed by atoms with Crippen LogP contribution in [0.1, 0.15) is 38.4 Å². The summed E-state index contributed by atoms with van der Waals surface area (Å²) < 4.78 is 5.47. The standard InChI is InChI=1S/C14H20ClNO2/c1-2-14(9-17)7-10-3-5-12(14)16(10)8-11-4-6-13(15)18-11/h4,6,10,12,17H,2-3,5,7-9H2,1H3/t10-,12+,14-/m0/s1. The molecule has 100 valence electrons. The second kappa shape index (κ2) is 4.55. The molecular weight excluding hydrogens is 250 g/mol. The van der Waals surface area contributed by atoms with Crippen LogP contribution in [0.4, 0.5) is 0 Å². The Morgan fingerprint density at radius 3 is 2.89 bits per heavy atom. The minimum absolute atomic E-state index is 0.110. The van der Waals surface area contributed by atoms with Gasteiger partial charge in [-0.3, -0.25) is 4.90 Å². The number of hydrogen-bond donors (Lipinski definition) is 1. The lowest BCUT2D eigenvalue weighted by atomic mass is 9.72. The Kier molecular flexibility index (Phi) is 3.16. The molecule has 2 bridgehead atoms. The van der Waals surface area contributed by atoms with Crippen molar-refractivity contribution in [2.45, 2.75) is 51.2 Å². The summed E-state index contributed by atoms with van der Waals surface area (Å²) in [6.07, 6.45) is 4.63. The third kappa shape index (κ3) is 1.80. The smallest absolute Gasteiger partial charge is 0.193 e. The Balaban J connectivity index is 1.78. The second-order valence-electron chi connectivity index (χ2n) is 5.70. The topological polar surface area (TPSA) is 36.6 Å². The molecule has 1 aromatic rings. The molecule has 0 amide bonds. The van der Waals surface area contributed by atoms with Crippen LogP contribution in [-0.4, -0.2) is 28.7 Å². The lowest BCUT2D eigenvalue weighted by Gasteiger charge is -2.35. The fourth-order valence-electron chi connectivity index (χ4n) is 3.94. The molecule has 18 heavy (non-hydrogen) atoms. The van der Waals surface area contributed by atoms with Gasteiger partial charge >= 0.3 is 0 Å². The first-order valence-corrected chi connectivity index (χ1v) is 7.17. The summed E-state index contributed by atoms with van der Waals surface area (Å²) in [7, 11) is 0. The van der Waals surface area contributed by atoms with Gasteiger partial charge in [0, 0.05) is 17.5 Å². The first-order valence-electron chi connectivity index (χ1n) is 6.79. The van der Waals surface area contributed by atoms with Crippen LogP contribution in [0.5, 0.6) is 0 Å². The van der Waals surface area contributed by atoms with Crippen LogP contribution >= 0.6 is 11.6 Å². The number of hydrogen-bond acceptors (Lipinski definition) is 3. The molecule has 2 fully saturated rings. The maximum Gasteiger partial charge on any atom is 0.193 e. The van der Waals surface area contributed by atoms with E-state index in [0.29, 0.717) is 23.9 Å². The SMILES string of the molecule is CC[C@@]1(CO)C[C@@H]2CC[C@H]1N2Cc1ccc(Cl)o1. The van der Waals surface area contributed by atoms with Gasteiger partial charge in [0.1, 0.15) is 5.76 Å².